The Morgan fingerprint density at radius 3 is 2.71 bits per heavy atom. The fraction of sp³-hybridized carbons (Fsp3) is 0.500. The number of aryl methyl sites for hydroxylation is 1. The fourth-order valence-corrected chi connectivity index (χ4v) is 3.03. The van der Waals surface area contributed by atoms with E-state index >= 15 is 0 Å². The molecule has 21 heavy (non-hydrogen) atoms. The third kappa shape index (κ3) is 3.18. The van der Waals surface area contributed by atoms with Gasteiger partial charge in [-0.05, 0) is 63.0 Å². The highest BCUT2D eigenvalue weighted by atomic mass is 15.1. The molecular formula is C18H25N3. The van der Waals surface area contributed by atoms with Crippen molar-refractivity contribution in [3.05, 3.63) is 35.9 Å². The van der Waals surface area contributed by atoms with Gasteiger partial charge in [-0.3, -0.25) is 0 Å². The van der Waals surface area contributed by atoms with Crippen LogP contribution in [-0.4, -0.2) is 36.6 Å². The summed E-state index contributed by atoms with van der Waals surface area (Å²) in [5, 5.41) is 4.81. The van der Waals surface area contributed by atoms with E-state index in [2.05, 4.69) is 55.4 Å². The summed E-state index contributed by atoms with van der Waals surface area (Å²) in [6.07, 6.45) is 2.51. The normalized spacial score (nSPS) is 18.8. The molecule has 1 saturated heterocycles. The van der Waals surface area contributed by atoms with Crippen molar-refractivity contribution < 1.29 is 0 Å². The average Bonchev–Trinajstić information content (AvgIpc) is 2.49. The molecule has 1 aliphatic heterocycles. The summed E-state index contributed by atoms with van der Waals surface area (Å²) in [4.78, 5) is 7.20. The lowest BCUT2D eigenvalue weighted by atomic mass is 9.80. The van der Waals surface area contributed by atoms with Crippen molar-refractivity contribution in [3.8, 4) is 0 Å². The highest BCUT2D eigenvalue weighted by Gasteiger charge is 2.28. The second-order valence-electron chi connectivity index (χ2n) is 6.81. The maximum Gasteiger partial charge on any atom is 0.129 e. The number of nitrogens with zero attached hydrogens (tertiary/aromatic N) is 2. The number of para-hydroxylation sites is 1. The molecule has 3 nitrogen and oxygen atoms in total. The zero-order valence-electron chi connectivity index (χ0n) is 13.3. The molecule has 1 fully saturated rings. The van der Waals surface area contributed by atoms with Crippen LogP contribution in [0, 0.1) is 12.3 Å². The molecule has 0 amide bonds. The average molecular weight is 283 g/mol. The zero-order chi connectivity index (χ0) is 14.9. The number of hydrogen-bond acceptors (Lipinski definition) is 3. The maximum atomic E-state index is 4.78. The van der Waals surface area contributed by atoms with Crippen molar-refractivity contribution >= 4 is 16.7 Å². The highest BCUT2D eigenvalue weighted by molar-refractivity contribution is 5.81. The number of likely N-dealkylation sites (tertiary alicyclic amines) is 1. The van der Waals surface area contributed by atoms with Crippen LogP contribution in [0.5, 0.6) is 0 Å². The summed E-state index contributed by atoms with van der Waals surface area (Å²) < 4.78 is 0. The first-order valence-corrected chi connectivity index (χ1v) is 7.85. The number of anilines is 1. The van der Waals surface area contributed by atoms with E-state index in [-0.39, 0.29) is 0 Å². The molecule has 1 aliphatic rings. The van der Waals surface area contributed by atoms with E-state index in [0.29, 0.717) is 5.41 Å². The monoisotopic (exact) mass is 283 g/mol. The first-order chi connectivity index (χ1) is 10.1. The molecule has 0 radical (unpaired) electrons. The summed E-state index contributed by atoms with van der Waals surface area (Å²) >= 11 is 0. The standard InChI is InChI=1S/C18H25N3/c1-14-12-15-6-4-5-7-16(15)20-17(14)19-13-18(2)8-10-21(3)11-9-18/h4-7,12H,8-11,13H2,1-3H3,(H,19,20). The highest BCUT2D eigenvalue weighted by Crippen LogP contribution is 2.31. The Morgan fingerprint density at radius 2 is 1.95 bits per heavy atom. The first-order valence-electron chi connectivity index (χ1n) is 7.85. The van der Waals surface area contributed by atoms with Gasteiger partial charge in [-0.2, -0.15) is 0 Å². The first kappa shape index (κ1) is 14.3. The number of aromatic nitrogens is 1. The quantitative estimate of drug-likeness (QED) is 0.931. The van der Waals surface area contributed by atoms with Gasteiger partial charge in [-0.15, -0.1) is 0 Å². The van der Waals surface area contributed by atoms with E-state index in [9.17, 15) is 0 Å². The topological polar surface area (TPSA) is 28.2 Å². The van der Waals surface area contributed by atoms with Gasteiger partial charge < -0.3 is 10.2 Å². The Balaban J connectivity index is 1.74. The molecule has 0 spiro atoms. The molecule has 3 rings (SSSR count). The van der Waals surface area contributed by atoms with Crippen LogP contribution in [0.1, 0.15) is 25.3 Å². The van der Waals surface area contributed by atoms with E-state index in [1.807, 2.05) is 6.07 Å². The minimum atomic E-state index is 0.381. The molecule has 3 heteroatoms. The Labute approximate surface area is 127 Å². The molecule has 0 aliphatic carbocycles. The molecule has 0 saturated carbocycles. The van der Waals surface area contributed by atoms with Crippen LogP contribution < -0.4 is 5.32 Å². The van der Waals surface area contributed by atoms with E-state index in [1.165, 1.54) is 36.9 Å². The van der Waals surface area contributed by atoms with Crippen LogP contribution in [-0.2, 0) is 0 Å². The van der Waals surface area contributed by atoms with E-state index in [4.69, 9.17) is 4.98 Å². The van der Waals surface area contributed by atoms with Gasteiger partial charge in [0.1, 0.15) is 5.82 Å². The number of pyridine rings is 1. The molecule has 0 unspecified atom stereocenters. The number of fused-ring (bicyclic) bond motifs is 1. The lowest BCUT2D eigenvalue weighted by Gasteiger charge is -2.38. The van der Waals surface area contributed by atoms with Gasteiger partial charge in [0, 0.05) is 11.9 Å². The molecule has 1 aromatic carbocycles. The van der Waals surface area contributed by atoms with E-state index in [0.717, 1.165) is 17.9 Å². The van der Waals surface area contributed by atoms with Crippen molar-refractivity contribution in [2.45, 2.75) is 26.7 Å². The van der Waals surface area contributed by atoms with Gasteiger partial charge in [0.15, 0.2) is 0 Å². The Morgan fingerprint density at radius 1 is 1.24 bits per heavy atom. The van der Waals surface area contributed by atoms with E-state index in [1.54, 1.807) is 0 Å². The van der Waals surface area contributed by atoms with E-state index < -0.39 is 0 Å². The summed E-state index contributed by atoms with van der Waals surface area (Å²) in [6.45, 7) is 7.93. The van der Waals surface area contributed by atoms with Gasteiger partial charge >= 0.3 is 0 Å². The molecule has 2 aromatic rings. The number of hydrogen-bond donors (Lipinski definition) is 1. The lowest BCUT2D eigenvalue weighted by Crippen LogP contribution is -2.40. The van der Waals surface area contributed by atoms with Crippen molar-refractivity contribution in [2.24, 2.45) is 5.41 Å². The molecule has 0 atom stereocenters. The number of rotatable bonds is 3. The Hall–Kier alpha value is -1.61. The predicted octanol–water partition coefficient (Wildman–Crippen LogP) is 3.69. The summed E-state index contributed by atoms with van der Waals surface area (Å²) in [6, 6.07) is 10.5. The molecule has 1 aromatic heterocycles. The minimum absolute atomic E-state index is 0.381. The fourth-order valence-electron chi connectivity index (χ4n) is 3.03. The lowest BCUT2D eigenvalue weighted by molar-refractivity contribution is 0.150. The number of piperidine rings is 1. The van der Waals surface area contributed by atoms with Crippen LogP contribution >= 0.6 is 0 Å². The van der Waals surface area contributed by atoms with Crippen LogP contribution in [0.15, 0.2) is 30.3 Å². The third-order valence-electron chi connectivity index (χ3n) is 4.79. The van der Waals surface area contributed by atoms with Crippen molar-refractivity contribution in [1.82, 2.24) is 9.88 Å². The predicted molar refractivity (Wildman–Crippen MR) is 89.8 cm³/mol. The van der Waals surface area contributed by atoms with Crippen molar-refractivity contribution in [2.75, 3.05) is 32.0 Å². The summed E-state index contributed by atoms with van der Waals surface area (Å²) in [7, 11) is 2.21. The van der Waals surface area contributed by atoms with Crippen molar-refractivity contribution in [1.29, 1.82) is 0 Å². The second kappa shape index (κ2) is 5.64. The summed E-state index contributed by atoms with van der Waals surface area (Å²) in [5.41, 5.74) is 2.68. The third-order valence-corrected chi connectivity index (χ3v) is 4.79. The number of benzene rings is 1. The maximum absolute atomic E-state index is 4.78. The Bertz CT molecular complexity index is 627. The largest absolute Gasteiger partial charge is 0.369 e. The zero-order valence-corrected chi connectivity index (χ0v) is 13.3. The van der Waals surface area contributed by atoms with Gasteiger partial charge in [0.25, 0.3) is 0 Å². The molecule has 112 valence electrons. The van der Waals surface area contributed by atoms with Crippen molar-refractivity contribution in [3.63, 3.8) is 0 Å². The molecule has 1 N–H and O–H groups in total. The minimum Gasteiger partial charge on any atom is -0.369 e. The summed E-state index contributed by atoms with van der Waals surface area (Å²) in [5.74, 6) is 1.04. The SMILES string of the molecule is Cc1cc2ccccc2nc1NCC1(C)CCN(C)CC1. The Kier molecular flexibility index (Phi) is 3.85. The second-order valence-corrected chi connectivity index (χ2v) is 6.81. The molecule has 0 bridgehead atoms. The van der Waals surface area contributed by atoms with Gasteiger partial charge in [-0.1, -0.05) is 25.1 Å². The van der Waals surface area contributed by atoms with Gasteiger partial charge in [0.2, 0.25) is 0 Å². The smallest absolute Gasteiger partial charge is 0.129 e. The molecule has 2 heterocycles. The molecular weight excluding hydrogens is 258 g/mol. The van der Waals surface area contributed by atoms with Gasteiger partial charge in [-0.25, -0.2) is 4.98 Å². The van der Waals surface area contributed by atoms with Crippen LogP contribution in [0.3, 0.4) is 0 Å². The van der Waals surface area contributed by atoms with Crippen LogP contribution in [0.2, 0.25) is 0 Å². The van der Waals surface area contributed by atoms with Gasteiger partial charge in [0.05, 0.1) is 5.52 Å². The van der Waals surface area contributed by atoms with Crippen LogP contribution in [0.25, 0.3) is 10.9 Å². The van der Waals surface area contributed by atoms with Crippen LogP contribution in [0.4, 0.5) is 5.82 Å². The number of nitrogens with one attached hydrogen (secondary N) is 1.